The highest BCUT2D eigenvalue weighted by molar-refractivity contribution is 6.31. The topological polar surface area (TPSA) is 108 Å². The Morgan fingerprint density at radius 2 is 1.88 bits per heavy atom. The van der Waals surface area contributed by atoms with Gasteiger partial charge in [-0.25, -0.2) is 4.79 Å². The zero-order valence-electron chi connectivity index (χ0n) is 13.9. The molecule has 0 saturated heterocycles. The molecule has 0 aromatic heterocycles. The van der Waals surface area contributed by atoms with Gasteiger partial charge in [-0.2, -0.15) is 0 Å². The fourth-order valence-electron chi connectivity index (χ4n) is 2.15. The number of nitro groups is 1. The lowest BCUT2D eigenvalue weighted by atomic mass is 10.1. The lowest BCUT2D eigenvalue weighted by Crippen LogP contribution is -2.15. The predicted molar refractivity (Wildman–Crippen MR) is 95.0 cm³/mol. The van der Waals surface area contributed by atoms with E-state index in [1.807, 2.05) is 0 Å². The van der Waals surface area contributed by atoms with Crippen LogP contribution in [0.15, 0.2) is 36.4 Å². The number of non-ortho nitro benzene ring substituents is 1. The van der Waals surface area contributed by atoms with Crippen LogP contribution in [-0.2, 0) is 4.74 Å². The van der Waals surface area contributed by atoms with E-state index in [1.54, 1.807) is 19.1 Å². The van der Waals surface area contributed by atoms with Gasteiger partial charge in [-0.05, 0) is 31.2 Å². The number of hydrogen-bond acceptors (Lipinski definition) is 6. The average Bonchev–Trinajstić information content (AvgIpc) is 2.61. The van der Waals surface area contributed by atoms with Crippen molar-refractivity contribution in [2.45, 2.75) is 6.92 Å². The van der Waals surface area contributed by atoms with E-state index in [2.05, 4.69) is 5.32 Å². The molecule has 1 amide bonds. The van der Waals surface area contributed by atoms with Gasteiger partial charge < -0.3 is 14.8 Å². The summed E-state index contributed by atoms with van der Waals surface area (Å²) in [5.41, 5.74) is -0.290. The van der Waals surface area contributed by atoms with E-state index in [0.717, 1.165) is 12.1 Å². The van der Waals surface area contributed by atoms with Crippen LogP contribution in [-0.4, -0.2) is 30.5 Å². The molecule has 0 bridgehead atoms. The average molecular weight is 379 g/mol. The molecular formula is C17H15ClN2O6. The highest BCUT2D eigenvalue weighted by atomic mass is 35.5. The molecule has 26 heavy (non-hydrogen) atoms. The lowest BCUT2D eigenvalue weighted by molar-refractivity contribution is -0.384. The van der Waals surface area contributed by atoms with E-state index < -0.39 is 22.5 Å². The van der Waals surface area contributed by atoms with Gasteiger partial charge in [0.05, 0.1) is 29.9 Å². The molecule has 0 saturated carbocycles. The van der Waals surface area contributed by atoms with Crippen LogP contribution in [0.5, 0.6) is 5.75 Å². The monoisotopic (exact) mass is 378 g/mol. The van der Waals surface area contributed by atoms with Gasteiger partial charge in [0.15, 0.2) is 0 Å². The number of benzene rings is 2. The molecule has 0 atom stereocenters. The summed E-state index contributed by atoms with van der Waals surface area (Å²) in [6, 6.07) is 7.96. The minimum atomic E-state index is -0.759. The van der Waals surface area contributed by atoms with E-state index >= 15 is 0 Å². The number of carbonyl (C=O) groups excluding carboxylic acids is 2. The van der Waals surface area contributed by atoms with Gasteiger partial charge in [0.25, 0.3) is 11.6 Å². The minimum absolute atomic E-state index is 0.0794. The van der Waals surface area contributed by atoms with Crippen LogP contribution in [0.25, 0.3) is 0 Å². The maximum absolute atomic E-state index is 12.5. The molecule has 0 heterocycles. The fraction of sp³-hybridized carbons (Fsp3) is 0.176. The number of carbonyl (C=O) groups is 2. The summed E-state index contributed by atoms with van der Waals surface area (Å²) in [5.74, 6) is -1.07. The molecule has 0 aliphatic carbocycles. The molecule has 0 unspecified atom stereocenters. The van der Waals surface area contributed by atoms with Crippen molar-refractivity contribution in [1.82, 2.24) is 0 Å². The first-order chi connectivity index (χ1) is 12.3. The number of nitrogens with one attached hydrogen (secondary N) is 1. The van der Waals surface area contributed by atoms with E-state index in [1.165, 1.54) is 19.2 Å². The lowest BCUT2D eigenvalue weighted by Gasteiger charge is -2.11. The van der Waals surface area contributed by atoms with Gasteiger partial charge in [-0.3, -0.25) is 14.9 Å². The number of esters is 1. The maximum Gasteiger partial charge on any atom is 0.338 e. The predicted octanol–water partition coefficient (Wildman–Crippen LogP) is 3.69. The van der Waals surface area contributed by atoms with Gasteiger partial charge in [0, 0.05) is 22.7 Å². The van der Waals surface area contributed by atoms with E-state index in [-0.39, 0.29) is 23.4 Å². The SMILES string of the molecule is CCOC(=O)c1cc(C(=O)Nc2cc(Cl)ccc2OC)cc([N+](=O)[O-])c1. The second-order valence-electron chi connectivity index (χ2n) is 5.04. The van der Waals surface area contributed by atoms with Crippen molar-refractivity contribution < 1.29 is 24.0 Å². The van der Waals surface area contributed by atoms with Crippen molar-refractivity contribution >= 4 is 34.9 Å². The van der Waals surface area contributed by atoms with Crippen molar-refractivity contribution in [2.75, 3.05) is 19.0 Å². The van der Waals surface area contributed by atoms with Crippen LogP contribution in [0.4, 0.5) is 11.4 Å². The first-order valence-corrected chi connectivity index (χ1v) is 7.85. The molecule has 0 radical (unpaired) electrons. The van der Waals surface area contributed by atoms with Crippen molar-refractivity contribution in [1.29, 1.82) is 0 Å². The second-order valence-corrected chi connectivity index (χ2v) is 5.48. The summed E-state index contributed by atoms with van der Waals surface area (Å²) in [7, 11) is 1.42. The number of methoxy groups -OCH3 is 1. The van der Waals surface area contributed by atoms with Gasteiger partial charge >= 0.3 is 5.97 Å². The number of halogens is 1. The van der Waals surface area contributed by atoms with Crippen LogP contribution < -0.4 is 10.1 Å². The summed E-state index contributed by atoms with van der Waals surface area (Å²) >= 11 is 5.91. The van der Waals surface area contributed by atoms with E-state index in [9.17, 15) is 19.7 Å². The molecular weight excluding hydrogens is 364 g/mol. The second kappa shape index (κ2) is 8.30. The largest absolute Gasteiger partial charge is 0.495 e. The molecule has 2 aromatic carbocycles. The van der Waals surface area contributed by atoms with Gasteiger partial charge in [-0.15, -0.1) is 0 Å². The summed E-state index contributed by atoms with van der Waals surface area (Å²) < 4.78 is 9.97. The van der Waals surface area contributed by atoms with Crippen LogP contribution >= 0.6 is 11.6 Å². The third kappa shape index (κ3) is 4.48. The fourth-order valence-corrected chi connectivity index (χ4v) is 2.32. The first kappa shape index (κ1) is 19.2. The molecule has 1 N–H and O–H groups in total. The Morgan fingerprint density at radius 1 is 1.19 bits per heavy atom. The molecule has 9 heteroatoms. The summed E-state index contributed by atoms with van der Waals surface area (Å²) in [5, 5.41) is 14.0. The van der Waals surface area contributed by atoms with E-state index in [4.69, 9.17) is 21.1 Å². The van der Waals surface area contributed by atoms with Crippen molar-refractivity contribution in [3.05, 3.63) is 62.7 Å². The Kier molecular flexibility index (Phi) is 6.13. The Bertz CT molecular complexity index is 868. The smallest absolute Gasteiger partial charge is 0.338 e. The van der Waals surface area contributed by atoms with Crippen molar-refractivity contribution in [3.63, 3.8) is 0 Å². The Morgan fingerprint density at radius 3 is 2.50 bits per heavy atom. The standard InChI is InChI=1S/C17H15ClN2O6/c1-3-26-17(22)11-6-10(7-13(8-11)20(23)24)16(21)19-14-9-12(18)4-5-15(14)25-2/h4-9H,3H2,1-2H3,(H,19,21). The van der Waals surface area contributed by atoms with Crippen LogP contribution in [0.1, 0.15) is 27.6 Å². The summed E-state index contributed by atoms with van der Waals surface area (Å²) in [4.78, 5) is 34.8. The molecule has 2 rings (SSSR count). The molecule has 0 aliphatic heterocycles. The number of rotatable bonds is 6. The molecule has 0 aliphatic rings. The third-order valence-corrected chi connectivity index (χ3v) is 3.55. The number of nitro benzene ring substituents is 1. The van der Waals surface area contributed by atoms with Crippen molar-refractivity contribution in [3.8, 4) is 5.75 Å². The molecule has 136 valence electrons. The Labute approximate surface area is 153 Å². The number of hydrogen-bond donors (Lipinski definition) is 1. The zero-order chi connectivity index (χ0) is 19.3. The number of ether oxygens (including phenoxy) is 2. The molecule has 2 aromatic rings. The Balaban J connectivity index is 2.40. The van der Waals surface area contributed by atoms with Crippen LogP contribution in [0.2, 0.25) is 5.02 Å². The Hall–Kier alpha value is -3.13. The first-order valence-electron chi connectivity index (χ1n) is 7.47. The number of nitrogens with zero attached hydrogens (tertiary/aromatic N) is 1. The van der Waals surface area contributed by atoms with Crippen molar-refractivity contribution in [2.24, 2.45) is 0 Å². The quantitative estimate of drug-likeness (QED) is 0.466. The number of anilines is 1. The highest BCUT2D eigenvalue weighted by Gasteiger charge is 2.19. The molecule has 0 spiro atoms. The minimum Gasteiger partial charge on any atom is -0.495 e. The van der Waals surface area contributed by atoms with Gasteiger partial charge in [-0.1, -0.05) is 11.6 Å². The molecule has 8 nitrogen and oxygen atoms in total. The zero-order valence-corrected chi connectivity index (χ0v) is 14.7. The van der Waals surface area contributed by atoms with E-state index in [0.29, 0.717) is 10.8 Å². The maximum atomic E-state index is 12.5. The molecule has 0 fully saturated rings. The van der Waals surface area contributed by atoms with Gasteiger partial charge in [0.2, 0.25) is 0 Å². The summed E-state index contributed by atoms with van der Waals surface area (Å²) in [6.45, 7) is 1.71. The van der Waals surface area contributed by atoms with Crippen LogP contribution in [0, 0.1) is 10.1 Å². The third-order valence-electron chi connectivity index (χ3n) is 3.31. The van der Waals surface area contributed by atoms with Gasteiger partial charge in [0.1, 0.15) is 5.75 Å². The number of amides is 1. The van der Waals surface area contributed by atoms with Crippen LogP contribution in [0.3, 0.4) is 0 Å². The normalized spacial score (nSPS) is 10.1. The highest BCUT2D eigenvalue weighted by Crippen LogP contribution is 2.28. The summed E-state index contributed by atoms with van der Waals surface area (Å²) in [6.07, 6.45) is 0.